The van der Waals surface area contributed by atoms with E-state index in [-0.39, 0.29) is 0 Å². The number of aromatic nitrogens is 1. The molecule has 1 fully saturated rings. The Labute approximate surface area is 115 Å². The van der Waals surface area contributed by atoms with Gasteiger partial charge in [0.1, 0.15) is 0 Å². The second-order valence-corrected chi connectivity index (χ2v) is 5.87. The first-order chi connectivity index (χ1) is 9.20. The van der Waals surface area contributed by atoms with Crippen LogP contribution in [0, 0.1) is 5.92 Å². The van der Waals surface area contributed by atoms with E-state index in [4.69, 9.17) is 5.73 Å². The van der Waals surface area contributed by atoms with E-state index >= 15 is 0 Å². The van der Waals surface area contributed by atoms with Crippen molar-refractivity contribution in [2.24, 2.45) is 18.7 Å². The molecule has 2 aromatic rings. The summed E-state index contributed by atoms with van der Waals surface area (Å²) in [5.74, 6) is 1.18. The summed E-state index contributed by atoms with van der Waals surface area (Å²) in [6.07, 6.45) is 3.52. The summed E-state index contributed by atoms with van der Waals surface area (Å²) in [5, 5.41) is 1.40. The van der Waals surface area contributed by atoms with Gasteiger partial charge in [-0.25, -0.2) is 0 Å². The molecular weight excluding hydrogens is 234 g/mol. The number of nitrogens with zero attached hydrogens (tertiary/aromatic N) is 2. The smallest absolute Gasteiger partial charge is 0.0480 e. The minimum atomic E-state index is 0.574. The molecule has 0 saturated carbocycles. The van der Waals surface area contributed by atoms with E-state index in [1.54, 1.807) is 0 Å². The predicted octanol–water partition coefficient (Wildman–Crippen LogP) is 2.17. The number of fused-ring (bicyclic) bond motifs is 1. The van der Waals surface area contributed by atoms with E-state index in [0.29, 0.717) is 11.8 Å². The van der Waals surface area contributed by atoms with Crippen LogP contribution < -0.4 is 5.73 Å². The molecule has 0 aliphatic carbocycles. The number of nitrogens with two attached hydrogens (primary N) is 1. The third-order valence-corrected chi connectivity index (χ3v) is 4.57. The Balaban J connectivity index is 2.03. The van der Waals surface area contributed by atoms with Crippen molar-refractivity contribution in [1.29, 1.82) is 0 Å². The zero-order chi connectivity index (χ0) is 13.4. The number of aryl methyl sites for hydroxylation is 1. The fourth-order valence-corrected chi connectivity index (χ4v) is 3.53. The first kappa shape index (κ1) is 12.7. The lowest BCUT2D eigenvalue weighted by Crippen LogP contribution is -2.40. The van der Waals surface area contributed by atoms with Crippen molar-refractivity contribution in [3.63, 3.8) is 0 Å². The number of benzene rings is 1. The summed E-state index contributed by atoms with van der Waals surface area (Å²) >= 11 is 0. The predicted molar refractivity (Wildman–Crippen MR) is 80.3 cm³/mol. The SMILES string of the molecule is CN1CCC(c2cn(C)c3ccccc23)C(CN)C1. The lowest BCUT2D eigenvalue weighted by atomic mass is 9.80. The van der Waals surface area contributed by atoms with Gasteiger partial charge >= 0.3 is 0 Å². The Morgan fingerprint density at radius 1 is 1.26 bits per heavy atom. The van der Waals surface area contributed by atoms with Crippen LogP contribution in [0.5, 0.6) is 0 Å². The molecule has 2 atom stereocenters. The number of hydrogen-bond donors (Lipinski definition) is 1. The zero-order valence-electron chi connectivity index (χ0n) is 11.8. The Bertz CT molecular complexity index is 572. The second-order valence-electron chi connectivity index (χ2n) is 5.87. The van der Waals surface area contributed by atoms with Gasteiger partial charge in [0, 0.05) is 30.7 Å². The monoisotopic (exact) mass is 257 g/mol. The van der Waals surface area contributed by atoms with Crippen LogP contribution in [0.2, 0.25) is 0 Å². The molecule has 2 N–H and O–H groups in total. The van der Waals surface area contributed by atoms with E-state index in [9.17, 15) is 0 Å². The molecule has 2 unspecified atom stereocenters. The molecule has 0 bridgehead atoms. The molecule has 19 heavy (non-hydrogen) atoms. The van der Waals surface area contributed by atoms with Crippen molar-refractivity contribution in [3.8, 4) is 0 Å². The van der Waals surface area contributed by atoms with Crippen molar-refractivity contribution < 1.29 is 0 Å². The number of hydrogen-bond acceptors (Lipinski definition) is 2. The fraction of sp³-hybridized carbons (Fsp3) is 0.500. The maximum Gasteiger partial charge on any atom is 0.0480 e. The number of piperidine rings is 1. The van der Waals surface area contributed by atoms with Crippen LogP contribution in [0.3, 0.4) is 0 Å². The lowest BCUT2D eigenvalue weighted by Gasteiger charge is -2.36. The standard InChI is InChI=1S/C16H23N3/c1-18-8-7-13(12(9-17)10-18)15-11-19(2)16-6-4-3-5-14(15)16/h3-6,11-13H,7-10,17H2,1-2H3. The highest BCUT2D eigenvalue weighted by atomic mass is 15.1. The van der Waals surface area contributed by atoms with Gasteiger partial charge in [-0.15, -0.1) is 0 Å². The number of likely N-dealkylation sites (tertiary alicyclic amines) is 1. The lowest BCUT2D eigenvalue weighted by molar-refractivity contribution is 0.189. The topological polar surface area (TPSA) is 34.2 Å². The van der Waals surface area contributed by atoms with E-state index in [0.717, 1.165) is 13.1 Å². The first-order valence-electron chi connectivity index (χ1n) is 7.13. The highest BCUT2D eigenvalue weighted by Crippen LogP contribution is 2.36. The van der Waals surface area contributed by atoms with Crippen LogP contribution in [0.1, 0.15) is 17.9 Å². The molecule has 3 heteroatoms. The van der Waals surface area contributed by atoms with Gasteiger partial charge in [0.25, 0.3) is 0 Å². The normalized spacial score (nSPS) is 25.0. The Kier molecular flexibility index (Phi) is 3.33. The molecular formula is C16H23N3. The molecule has 0 spiro atoms. The number of rotatable bonds is 2. The minimum absolute atomic E-state index is 0.574. The molecule has 1 aliphatic heterocycles. The Hall–Kier alpha value is -1.32. The summed E-state index contributed by atoms with van der Waals surface area (Å²) < 4.78 is 2.25. The molecule has 1 aromatic carbocycles. The van der Waals surface area contributed by atoms with Crippen LogP contribution >= 0.6 is 0 Å². The summed E-state index contributed by atoms with van der Waals surface area (Å²) in [7, 11) is 4.33. The van der Waals surface area contributed by atoms with E-state index < -0.39 is 0 Å². The van der Waals surface area contributed by atoms with Gasteiger partial charge in [-0.05, 0) is 50.0 Å². The van der Waals surface area contributed by atoms with Crippen LogP contribution in [0.15, 0.2) is 30.5 Å². The summed E-state index contributed by atoms with van der Waals surface area (Å²) in [6.45, 7) is 3.06. The minimum Gasteiger partial charge on any atom is -0.350 e. The summed E-state index contributed by atoms with van der Waals surface area (Å²) in [4.78, 5) is 2.40. The van der Waals surface area contributed by atoms with Gasteiger partial charge in [-0.1, -0.05) is 18.2 Å². The van der Waals surface area contributed by atoms with Gasteiger partial charge in [0.05, 0.1) is 0 Å². The maximum atomic E-state index is 6.01. The first-order valence-corrected chi connectivity index (χ1v) is 7.13. The largest absolute Gasteiger partial charge is 0.350 e. The molecule has 1 saturated heterocycles. The molecule has 1 aliphatic rings. The molecule has 0 amide bonds. The molecule has 102 valence electrons. The average molecular weight is 257 g/mol. The maximum absolute atomic E-state index is 6.01. The molecule has 0 radical (unpaired) electrons. The number of para-hydroxylation sites is 1. The highest BCUT2D eigenvalue weighted by molar-refractivity contribution is 5.84. The van der Waals surface area contributed by atoms with Crippen LogP contribution in [-0.2, 0) is 7.05 Å². The fourth-order valence-electron chi connectivity index (χ4n) is 3.53. The van der Waals surface area contributed by atoms with Gasteiger partial charge in [0.2, 0.25) is 0 Å². The third kappa shape index (κ3) is 2.17. The Morgan fingerprint density at radius 3 is 2.84 bits per heavy atom. The summed E-state index contributed by atoms with van der Waals surface area (Å²) in [5.41, 5.74) is 8.82. The van der Waals surface area contributed by atoms with Gasteiger partial charge in [0.15, 0.2) is 0 Å². The Morgan fingerprint density at radius 2 is 2.05 bits per heavy atom. The van der Waals surface area contributed by atoms with Crippen molar-refractivity contribution in [2.45, 2.75) is 12.3 Å². The van der Waals surface area contributed by atoms with Gasteiger partial charge in [-0.3, -0.25) is 0 Å². The van der Waals surface area contributed by atoms with E-state index in [1.165, 1.54) is 29.4 Å². The van der Waals surface area contributed by atoms with Crippen molar-refractivity contribution in [2.75, 3.05) is 26.7 Å². The van der Waals surface area contributed by atoms with E-state index in [2.05, 4.69) is 54.0 Å². The van der Waals surface area contributed by atoms with Crippen molar-refractivity contribution >= 4 is 10.9 Å². The van der Waals surface area contributed by atoms with Crippen LogP contribution in [0.25, 0.3) is 10.9 Å². The summed E-state index contributed by atoms with van der Waals surface area (Å²) in [6, 6.07) is 8.70. The zero-order valence-corrected chi connectivity index (χ0v) is 11.8. The second kappa shape index (κ2) is 4.99. The van der Waals surface area contributed by atoms with E-state index in [1.807, 2.05) is 0 Å². The van der Waals surface area contributed by atoms with Gasteiger partial charge < -0.3 is 15.2 Å². The highest BCUT2D eigenvalue weighted by Gasteiger charge is 2.29. The quantitative estimate of drug-likeness (QED) is 0.894. The van der Waals surface area contributed by atoms with Crippen LogP contribution in [-0.4, -0.2) is 36.1 Å². The van der Waals surface area contributed by atoms with Crippen molar-refractivity contribution in [3.05, 3.63) is 36.0 Å². The molecule has 3 rings (SSSR count). The molecule has 1 aromatic heterocycles. The third-order valence-electron chi connectivity index (χ3n) is 4.57. The molecule has 3 nitrogen and oxygen atoms in total. The van der Waals surface area contributed by atoms with Crippen LogP contribution in [0.4, 0.5) is 0 Å². The average Bonchev–Trinajstić information content (AvgIpc) is 2.76. The van der Waals surface area contributed by atoms with Gasteiger partial charge in [-0.2, -0.15) is 0 Å². The molecule has 2 heterocycles. The van der Waals surface area contributed by atoms with Crippen molar-refractivity contribution in [1.82, 2.24) is 9.47 Å².